The van der Waals surface area contributed by atoms with Crippen molar-refractivity contribution in [1.29, 1.82) is 0 Å². The van der Waals surface area contributed by atoms with Gasteiger partial charge < -0.3 is 4.42 Å². The van der Waals surface area contributed by atoms with Crippen molar-refractivity contribution in [2.24, 2.45) is 0 Å². The van der Waals surface area contributed by atoms with Crippen LogP contribution in [0.25, 0.3) is 11.5 Å². The summed E-state index contributed by atoms with van der Waals surface area (Å²) in [6.07, 6.45) is 5.00. The maximum Gasteiger partial charge on any atom is 0.322 e. The number of rotatable bonds is 6. The van der Waals surface area contributed by atoms with Crippen molar-refractivity contribution in [1.82, 2.24) is 14.5 Å². The number of hydrogen-bond donors (Lipinski definition) is 1. The van der Waals surface area contributed by atoms with Crippen LogP contribution in [0.2, 0.25) is 0 Å². The lowest BCUT2D eigenvalue weighted by Gasteiger charge is -2.30. The van der Waals surface area contributed by atoms with Crippen LogP contribution in [-0.4, -0.2) is 41.9 Å². The number of sulfonamides is 1. The summed E-state index contributed by atoms with van der Waals surface area (Å²) in [5, 5.41) is 10.5. The van der Waals surface area contributed by atoms with Gasteiger partial charge in [0, 0.05) is 24.2 Å². The Kier molecular flexibility index (Phi) is 6.62. The standard InChI is InChI=1S/C24H28N4O4S/c1-16-9-10-19(15-17(16)2)23-26-27-24(32-23)25-22(29)18-11-13-21(14-12-18)33(30,31)28(3)20-7-5-4-6-8-20/h9-15,20H,4-8H2,1-3H3,(H,25,27,29). The summed E-state index contributed by atoms with van der Waals surface area (Å²) in [6.45, 7) is 4.01. The minimum Gasteiger partial charge on any atom is -0.403 e. The van der Waals surface area contributed by atoms with E-state index in [1.54, 1.807) is 7.05 Å². The zero-order valence-electron chi connectivity index (χ0n) is 19.0. The maximum absolute atomic E-state index is 13.0. The summed E-state index contributed by atoms with van der Waals surface area (Å²) in [5.74, 6) is -0.157. The van der Waals surface area contributed by atoms with Crippen molar-refractivity contribution in [2.75, 3.05) is 12.4 Å². The molecule has 33 heavy (non-hydrogen) atoms. The van der Waals surface area contributed by atoms with Gasteiger partial charge in [0.25, 0.3) is 5.91 Å². The number of nitrogens with zero attached hydrogens (tertiary/aromatic N) is 3. The van der Waals surface area contributed by atoms with Gasteiger partial charge in [-0.1, -0.05) is 30.4 Å². The van der Waals surface area contributed by atoms with E-state index in [4.69, 9.17) is 4.42 Å². The van der Waals surface area contributed by atoms with Crippen molar-refractivity contribution < 1.29 is 17.6 Å². The number of nitrogens with one attached hydrogen (secondary N) is 1. The zero-order chi connectivity index (χ0) is 23.6. The van der Waals surface area contributed by atoms with Gasteiger partial charge in [-0.05, 0) is 74.2 Å². The lowest BCUT2D eigenvalue weighted by Crippen LogP contribution is -2.38. The van der Waals surface area contributed by atoms with Gasteiger partial charge in [-0.3, -0.25) is 10.1 Å². The van der Waals surface area contributed by atoms with E-state index < -0.39 is 15.9 Å². The fourth-order valence-corrected chi connectivity index (χ4v) is 5.44. The van der Waals surface area contributed by atoms with E-state index in [1.165, 1.54) is 28.6 Å². The summed E-state index contributed by atoms with van der Waals surface area (Å²) < 4.78 is 33.0. The maximum atomic E-state index is 13.0. The Bertz CT molecular complexity index is 1250. The first-order valence-electron chi connectivity index (χ1n) is 11.1. The van der Waals surface area contributed by atoms with Crippen LogP contribution in [0.15, 0.2) is 51.8 Å². The molecule has 0 atom stereocenters. The first kappa shape index (κ1) is 23.1. The van der Waals surface area contributed by atoms with E-state index in [0.29, 0.717) is 11.5 Å². The molecule has 0 saturated heterocycles. The monoisotopic (exact) mass is 468 g/mol. The van der Waals surface area contributed by atoms with Gasteiger partial charge in [0.2, 0.25) is 15.9 Å². The summed E-state index contributed by atoms with van der Waals surface area (Å²) in [7, 11) is -1.98. The van der Waals surface area contributed by atoms with Crippen LogP contribution in [0.5, 0.6) is 0 Å². The van der Waals surface area contributed by atoms with Crippen molar-refractivity contribution >= 4 is 21.9 Å². The Hall–Kier alpha value is -3.04. The number of aryl methyl sites for hydroxylation is 2. The molecule has 8 nitrogen and oxygen atoms in total. The van der Waals surface area contributed by atoms with Gasteiger partial charge in [-0.25, -0.2) is 8.42 Å². The van der Waals surface area contributed by atoms with E-state index in [-0.39, 0.29) is 17.0 Å². The number of carbonyl (C=O) groups excluding carboxylic acids is 1. The highest BCUT2D eigenvalue weighted by molar-refractivity contribution is 7.89. The highest BCUT2D eigenvalue weighted by Crippen LogP contribution is 2.27. The number of aromatic nitrogens is 2. The molecular weight excluding hydrogens is 440 g/mol. The second-order valence-corrected chi connectivity index (χ2v) is 10.5. The molecular formula is C24H28N4O4S. The minimum absolute atomic E-state index is 0.0239. The minimum atomic E-state index is -3.61. The van der Waals surface area contributed by atoms with E-state index in [9.17, 15) is 13.2 Å². The summed E-state index contributed by atoms with van der Waals surface area (Å²) in [5.41, 5.74) is 3.31. The third kappa shape index (κ3) is 4.99. The largest absolute Gasteiger partial charge is 0.403 e. The predicted molar refractivity (Wildman–Crippen MR) is 125 cm³/mol. The smallest absolute Gasteiger partial charge is 0.322 e. The van der Waals surface area contributed by atoms with Gasteiger partial charge in [0.05, 0.1) is 4.90 Å². The average Bonchev–Trinajstić information content (AvgIpc) is 3.29. The molecule has 1 aromatic heterocycles. The molecule has 0 aliphatic heterocycles. The van der Waals surface area contributed by atoms with Crippen molar-refractivity contribution in [3.05, 3.63) is 59.2 Å². The molecule has 1 aliphatic carbocycles. The molecule has 9 heteroatoms. The van der Waals surface area contributed by atoms with Gasteiger partial charge in [0.15, 0.2) is 0 Å². The van der Waals surface area contributed by atoms with E-state index >= 15 is 0 Å². The molecule has 3 aromatic rings. The molecule has 1 N–H and O–H groups in total. The molecule has 1 fully saturated rings. The lowest BCUT2D eigenvalue weighted by molar-refractivity contribution is 0.102. The highest BCUT2D eigenvalue weighted by atomic mass is 32.2. The van der Waals surface area contributed by atoms with Crippen molar-refractivity contribution in [2.45, 2.75) is 56.9 Å². The quantitative estimate of drug-likeness (QED) is 0.569. The number of carbonyl (C=O) groups is 1. The fraction of sp³-hybridized carbons (Fsp3) is 0.375. The first-order valence-corrected chi connectivity index (χ1v) is 12.5. The van der Waals surface area contributed by atoms with Crippen LogP contribution in [-0.2, 0) is 10.0 Å². The molecule has 0 spiro atoms. The van der Waals surface area contributed by atoms with E-state index in [2.05, 4.69) is 15.5 Å². The molecule has 1 aliphatic rings. The Labute approximate surface area is 194 Å². The Balaban J connectivity index is 1.44. The van der Waals surface area contributed by atoms with Crippen LogP contribution in [0.1, 0.15) is 53.6 Å². The first-order chi connectivity index (χ1) is 15.8. The summed E-state index contributed by atoms with van der Waals surface area (Å²) in [6, 6.07) is 11.7. The number of benzene rings is 2. The van der Waals surface area contributed by atoms with E-state index in [0.717, 1.165) is 48.8 Å². The molecule has 0 radical (unpaired) electrons. The SMILES string of the molecule is Cc1ccc(-c2nnc(NC(=O)c3ccc(S(=O)(=O)N(C)C4CCCCC4)cc3)o2)cc1C. The molecule has 1 saturated carbocycles. The van der Waals surface area contributed by atoms with Crippen molar-refractivity contribution in [3.8, 4) is 11.5 Å². The van der Waals surface area contributed by atoms with Crippen LogP contribution >= 0.6 is 0 Å². The van der Waals surface area contributed by atoms with Crippen LogP contribution in [0.3, 0.4) is 0 Å². The number of anilines is 1. The summed E-state index contributed by atoms with van der Waals surface area (Å²) >= 11 is 0. The van der Waals surface area contributed by atoms with Gasteiger partial charge in [0.1, 0.15) is 0 Å². The van der Waals surface area contributed by atoms with E-state index in [1.807, 2.05) is 32.0 Å². The Morgan fingerprint density at radius 2 is 1.70 bits per heavy atom. The normalized spacial score (nSPS) is 15.0. The molecule has 0 unspecified atom stereocenters. The third-order valence-corrected chi connectivity index (χ3v) is 8.21. The molecule has 2 aromatic carbocycles. The van der Waals surface area contributed by atoms with Crippen LogP contribution in [0, 0.1) is 13.8 Å². The second kappa shape index (κ2) is 9.44. The topological polar surface area (TPSA) is 105 Å². The van der Waals surface area contributed by atoms with Gasteiger partial charge in [-0.15, -0.1) is 5.10 Å². The average molecular weight is 469 g/mol. The molecule has 1 heterocycles. The zero-order valence-corrected chi connectivity index (χ0v) is 19.9. The van der Waals surface area contributed by atoms with Crippen LogP contribution in [0.4, 0.5) is 6.01 Å². The second-order valence-electron chi connectivity index (χ2n) is 8.50. The Morgan fingerprint density at radius 3 is 2.36 bits per heavy atom. The molecule has 1 amide bonds. The lowest BCUT2D eigenvalue weighted by atomic mass is 9.96. The summed E-state index contributed by atoms with van der Waals surface area (Å²) in [4.78, 5) is 12.8. The van der Waals surface area contributed by atoms with Crippen molar-refractivity contribution in [3.63, 3.8) is 0 Å². The van der Waals surface area contributed by atoms with Gasteiger partial charge in [-0.2, -0.15) is 4.31 Å². The molecule has 174 valence electrons. The number of hydrogen-bond acceptors (Lipinski definition) is 6. The highest BCUT2D eigenvalue weighted by Gasteiger charge is 2.29. The third-order valence-electron chi connectivity index (χ3n) is 6.28. The Morgan fingerprint density at radius 1 is 1.00 bits per heavy atom. The molecule has 4 rings (SSSR count). The van der Waals surface area contributed by atoms with Crippen LogP contribution < -0.4 is 5.32 Å². The predicted octanol–water partition coefficient (Wildman–Crippen LogP) is 4.56. The number of amides is 1. The molecule has 0 bridgehead atoms. The fourth-order valence-electron chi connectivity index (χ4n) is 4.02. The van der Waals surface area contributed by atoms with Gasteiger partial charge >= 0.3 is 6.01 Å².